The molecule has 0 N–H and O–H groups in total. The molecule has 8 heteroatoms. The molecular weight excluding hydrogens is 496 g/mol. The predicted octanol–water partition coefficient (Wildman–Crippen LogP) is 5.97. The third-order valence-corrected chi connectivity index (χ3v) is 7.98. The second-order valence-electron chi connectivity index (χ2n) is 9.41. The van der Waals surface area contributed by atoms with Gasteiger partial charge in [0.05, 0.1) is 5.52 Å². The summed E-state index contributed by atoms with van der Waals surface area (Å²) in [6.07, 6.45) is 7.25. The number of carbonyl (C=O) groups excluding carboxylic acids is 2. The summed E-state index contributed by atoms with van der Waals surface area (Å²) in [4.78, 5) is 32.8. The van der Waals surface area contributed by atoms with Gasteiger partial charge >= 0.3 is 6.03 Å². The molecule has 0 spiro atoms. The number of carbonyl (C=O) groups is 2. The van der Waals surface area contributed by atoms with Crippen molar-refractivity contribution in [2.45, 2.75) is 17.7 Å². The van der Waals surface area contributed by atoms with Gasteiger partial charge in [0.25, 0.3) is 0 Å². The van der Waals surface area contributed by atoms with Crippen LogP contribution in [-0.4, -0.2) is 44.9 Å². The van der Waals surface area contributed by atoms with Gasteiger partial charge in [0, 0.05) is 72.4 Å². The molecule has 0 radical (unpaired) electrons. The molecule has 7 nitrogen and oxygen atoms in total. The Morgan fingerprint density at radius 3 is 2.66 bits per heavy atom. The lowest BCUT2D eigenvalue weighted by molar-refractivity contribution is 0.103. The fraction of sp³-hybridized carbons (Fsp3) is 0.167. The van der Waals surface area contributed by atoms with Gasteiger partial charge in [-0.1, -0.05) is 36.4 Å². The van der Waals surface area contributed by atoms with Crippen LogP contribution in [0.2, 0.25) is 0 Å². The van der Waals surface area contributed by atoms with E-state index in [1.807, 2.05) is 73.1 Å². The number of benzene rings is 2. The van der Waals surface area contributed by atoms with Gasteiger partial charge in [0.2, 0.25) is 0 Å². The number of ketones is 1. The Morgan fingerprint density at radius 2 is 1.89 bits per heavy atom. The topological polar surface area (TPSA) is 69.4 Å². The van der Waals surface area contributed by atoms with Crippen LogP contribution in [-0.2, 0) is 12.4 Å². The minimum Gasteiger partial charge on any atom is -0.489 e. The average Bonchev–Trinajstić information content (AvgIpc) is 3.66. The molecular formula is C30H26N4O3S. The fourth-order valence-corrected chi connectivity index (χ4v) is 6.13. The minimum atomic E-state index is -0.221. The molecule has 6 rings (SSSR count). The summed E-state index contributed by atoms with van der Waals surface area (Å²) in [5, 5.41) is 0.764. The third kappa shape index (κ3) is 4.26. The number of hydrogen-bond donors (Lipinski definition) is 0. The molecule has 5 aromatic rings. The number of nitrogens with zero attached hydrogens (tertiary/aromatic N) is 4. The smallest absolute Gasteiger partial charge is 0.328 e. The number of pyridine rings is 1. The Bertz CT molecular complexity index is 1640. The van der Waals surface area contributed by atoms with Crippen molar-refractivity contribution >= 4 is 34.5 Å². The standard InChI is InChI=1S/C30H26N4O3S/c1-32(2)30(36)34-17-25(24-15-22(10-11-26(24)34)37-18-20-7-4-3-5-8-20)28(35)23-12-14-33-27(23)19-38-29(33)21-9-6-13-31-16-21/h3-17,29H,18-19H2,1-2H3. The molecule has 3 aromatic heterocycles. The van der Waals surface area contributed by atoms with Crippen LogP contribution < -0.4 is 4.74 Å². The summed E-state index contributed by atoms with van der Waals surface area (Å²) < 4.78 is 9.73. The SMILES string of the molecule is CN(C)C(=O)n1cc(C(=O)c2ccn3c2CSC3c2cccnc2)c2cc(OCc3ccccc3)ccc21. The number of fused-ring (bicyclic) bond motifs is 2. The molecule has 38 heavy (non-hydrogen) atoms. The quantitative estimate of drug-likeness (QED) is 0.257. The van der Waals surface area contributed by atoms with E-state index in [-0.39, 0.29) is 17.2 Å². The Morgan fingerprint density at radius 1 is 1.05 bits per heavy atom. The lowest BCUT2D eigenvalue weighted by Crippen LogP contribution is -2.26. The number of ether oxygens (including phenoxy) is 1. The van der Waals surface area contributed by atoms with Crippen LogP contribution in [0.1, 0.15) is 38.1 Å². The average molecular weight is 523 g/mol. The summed E-state index contributed by atoms with van der Waals surface area (Å²) in [7, 11) is 3.40. The summed E-state index contributed by atoms with van der Waals surface area (Å²) >= 11 is 1.77. The number of hydrogen-bond acceptors (Lipinski definition) is 5. The summed E-state index contributed by atoms with van der Waals surface area (Å²) in [5.41, 5.74) is 4.91. The van der Waals surface area contributed by atoms with E-state index in [2.05, 4.69) is 15.6 Å². The van der Waals surface area contributed by atoms with Crippen molar-refractivity contribution < 1.29 is 14.3 Å². The zero-order chi connectivity index (χ0) is 26.2. The molecule has 2 aromatic carbocycles. The monoisotopic (exact) mass is 522 g/mol. The first-order chi connectivity index (χ1) is 18.5. The van der Waals surface area contributed by atoms with Crippen molar-refractivity contribution in [1.29, 1.82) is 0 Å². The van der Waals surface area contributed by atoms with Crippen LogP contribution in [0.5, 0.6) is 5.75 Å². The van der Waals surface area contributed by atoms with Gasteiger partial charge in [0.1, 0.15) is 17.7 Å². The molecule has 0 saturated carbocycles. The van der Waals surface area contributed by atoms with E-state index in [1.165, 1.54) is 9.47 Å². The van der Waals surface area contributed by atoms with E-state index in [0.717, 1.165) is 16.8 Å². The highest BCUT2D eigenvalue weighted by Gasteiger charge is 2.30. The zero-order valence-corrected chi connectivity index (χ0v) is 21.9. The minimum absolute atomic E-state index is 0.0786. The number of rotatable bonds is 6. The first-order valence-electron chi connectivity index (χ1n) is 12.3. The first-order valence-corrected chi connectivity index (χ1v) is 13.4. The highest BCUT2D eigenvalue weighted by molar-refractivity contribution is 7.99. The van der Waals surface area contributed by atoms with Crippen molar-refractivity contribution in [2.75, 3.05) is 14.1 Å². The van der Waals surface area contributed by atoms with Gasteiger partial charge < -0.3 is 14.2 Å². The molecule has 1 aliphatic rings. The zero-order valence-electron chi connectivity index (χ0n) is 21.1. The Labute approximate surface area is 224 Å². The molecule has 0 bridgehead atoms. The third-order valence-electron chi connectivity index (χ3n) is 6.73. The van der Waals surface area contributed by atoms with Gasteiger partial charge in [-0.15, -0.1) is 11.8 Å². The largest absolute Gasteiger partial charge is 0.489 e. The molecule has 1 atom stereocenters. The lowest BCUT2D eigenvalue weighted by Gasteiger charge is -2.12. The van der Waals surface area contributed by atoms with Crippen molar-refractivity contribution in [3.05, 3.63) is 119 Å². The molecule has 0 saturated heterocycles. The maximum atomic E-state index is 14.0. The molecule has 1 unspecified atom stereocenters. The van der Waals surface area contributed by atoms with Crippen molar-refractivity contribution in [3.8, 4) is 5.75 Å². The van der Waals surface area contributed by atoms with E-state index >= 15 is 0 Å². The van der Waals surface area contributed by atoms with Crippen LogP contribution >= 0.6 is 11.8 Å². The van der Waals surface area contributed by atoms with Crippen LogP contribution in [0.25, 0.3) is 10.9 Å². The molecule has 190 valence electrons. The highest BCUT2D eigenvalue weighted by Crippen LogP contribution is 2.42. The number of amides is 1. The molecule has 1 amide bonds. The van der Waals surface area contributed by atoms with E-state index in [0.29, 0.717) is 40.1 Å². The van der Waals surface area contributed by atoms with Gasteiger partial charge in [-0.2, -0.15) is 0 Å². The van der Waals surface area contributed by atoms with Crippen LogP contribution in [0.3, 0.4) is 0 Å². The number of thioether (sulfide) groups is 1. The Hall–Kier alpha value is -4.30. The lowest BCUT2D eigenvalue weighted by atomic mass is 10.0. The van der Waals surface area contributed by atoms with Crippen LogP contribution in [0, 0.1) is 0 Å². The van der Waals surface area contributed by atoms with Gasteiger partial charge in [0.15, 0.2) is 5.78 Å². The maximum absolute atomic E-state index is 14.0. The Kier molecular flexibility index (Phi) is 6.25. The summed E-state index contributed by atoms with van der Waals surface area (Å²) in [6, 6.07) is 21.1. The van der Waals surface area contributed by atoms with E-state index in [9.17, 15) is 9.59 Å². The van der Waals surface area contributed by atoms with E-state index < -0.39 is 0 Å². The normalized spacial score (nSPS) is 14.4. The van der Waals surface area contributed by atoms with Gasteiger partial charge in [-0.05, 0) is 35.9 Å². The molecule has 1 aliphatic heterocycles. The highest BCUT2D eigenvalue weighted by atomic mass is 32.2. The van der Waals surface area contributed by atoms with E-state index in [1.54, 1.807) is 38.3 Å². The second-order valence-corrected chi connectivity index (χ2v) is 10.5. The van der Waals surface area contributed by atoms with Crippen LogP contribution in [0.15, 0.2) is 91.5 Å². The summed E-state index contributed by atoms with van der Waals surface area (Å²) in [6.45, 7) is 0.410. The Balaban J connectivity index is 1.38. The summed E-state index contributed by atoms with van der Waals surface area (Å²) in [5.74, 6) is 1.25. The first kappa shape index (κ1) is 24.1. The van der Waals surface area contributed by atoms with Gasteiger partial charge in [-0.3, -0.25) is 14.3 Å². The van der Waals surface area contributed by atoms with Crippen LogP contribution in [0.4, 0.5) is 4.79 Å². The predicted molar refractivity (Wildman–Crippen MR) is 149 cm³/mol. The van der Waals surface area contributed by atoms with Crippen molar-refractivity contribution in [1.82, 2.24) is 19.0 Å². The molecule has 0 fully saturated rings. The molecule has 4 heterocycles. The molecule has 0 aliphatic carbocycles. The maximum Gasteiger partial charge on any atom is 0.328 e. The fourth-order valence-electron chi connectivity index (χ4n) is 4.82. The number of aromatic nitrogens is 3. The van der Waals surface area contributed by atoms with Crippen molar-refractivity contribution in [2.24, 2.45) is 0 Å². The van der Waals surface area contributed by atoms with Crippen molar-refractivity contribution in [3.63, 3.8) is 0 Å². The van der Waals surface area contributed by atoms with E-state index in [4.69, 9.17) is 4.74 Å². The second kappa shape index (κ2) is 9.87. The van der Waals surface area contributed by atoms with Gasteiger partial charge in [-0.25, -0.2) is 4.79 Å².